The molecule has 0 heterocycles. The molecule has 0 spiro atoms. The van der Waals surface area contributed by atoms with Gasteiger partial charge in [-0.05, 0) is 31.0 Å². The van der Waals surface area contributed by atoms with E-state index in [0.29, 0.717) is 23.5 Å². The van der Waals surface area contributed by atoms with Gasteiger partial charge >= 0.3 is 7.60 Å². The molecule has 0 N–H and O–H groups in total. The van der Waals surface area contributed by atoms with Gasteiger partial charge in [0.15, 0.2) is 0 Å². The molecule has 0 fully saturated rings. The Hall–Kier alpha value is -0.500. The third kappa shape index (κ3) is 5.43. The lowest BCUT2D eigenvalue weighted by Gasteiger charge is -2.19. The van der Waals surface area contributed by atoms with Crippen LogP contribution in [0.4, 0.5) is 0 Å². The highest BCUT2D eigenvalue weighted by Gasteiger charge is 2.25. The molecule has 0 saturated heterocycles. The molecule has 0 aromatic heterocycles. The smallest absolute Gasteiger partial charge is 0.379 e. The van der Waals surface area contributed by atoms with E-state index in [9.17, 15) is 4.57 Å². The Balaban J connectivity index is 2.73. The average molecular weight is 291 g/mol. The Labute approximate surface area is 114 Å². The lowest BCUT2D eigenvalue weighted by Crippen LogP contribution is -2.03. The SMILES string of the molecule is CCCCP(=O)(OCCC)Oc1cccc(Cl)c1. The van der Waals surface area contributed by atoms with Gasteiger partial charge in [0.1, 0.15) is 5.75 Å². The maximum atomic E-state index is 12.5. The number of hydrogen-bond donors (Lipinski definition) is 0. The molecular formula is C13H20ClO3P. The molecule has 0 aliphatic rings. The van der Waals surface area contributed by atoms with Crippen LogP contribution >= 0.6 is 19.2 Å². The second kappa shape index (κ2) is 7.83. The molecule has 102 valence electrons. The molecule has 0 amide bonds. The van der Waals surface area contributed by atoms with Gasteiger partial charge in [0.25, 0.3) is 0 Å². The molecule has 0 aliphatic carbocycles. The standard InChI is InChI=1S/C13H20ClO3P/c1-3-5-10-18(15,16-9-4-2)17-13-8-6-7-12(14)11-13/h6-8,11H,3-5,9-10H2,1-2H3. The maximum absolute atomic E-state index is 12.5. The average Bonchev–Trinajstić information content (AvgIpc) is 2.34. The van der Waals surface area contributed by atoms with E-state index < -0.39 is 7.60 Å². The lowest BCUT2D eigenvalue weighted by molar-refractivity contribution is 0.264. The molecule has 0 bridgehead atoms. The largest absolute Gasteiger partial charge is 0.424 e. The van der Waals surface area contributed by atoms with Gasteiger partial charge in [0, 0.05) is 5.02 Å². The van der Waals surface area contributed by atoms with Crippen molar-refractivity contribution in [2.75, 3.05) is 12.8 Å². The van der Waals surface area contributed by atoms with Gasteiger partial charge < -0.3 is 4.52 Å². The first-order valence-corrected chi connectivity index (χ1v) is 8.39. The molecule has 1 rings (SSSR count). The molecule has 3 nitrogen and oxygen atoms in total. The highest BCUT2D eigenvalue weighted by Crippen LogP contribution is 2.49. The van der Waals surface area contributed by atoms with Crippen LogP contribution in [-0.2, 0) is 9.09 Å². The molecule has 0 aliphatic heterocycles. The topological polar surface area (TPSA) is 35.5 Å². The fourth-order valence-corrected chi connectivity index (χ4v) is 3.46. The maximum Gasteiger partial charge on any atom is 0.379 e. The van der Waals surface area contributed by atoms with Crippen LogP contribution in [0.15, 0.2) is 24.3 Å². The minimum Gasteiger partial charge on any atom is -0.424 e. The summed E-state index contributed by atoms with van der Waals surface area (Å²) in [5, 5.41) is 0.560. The number of unbranched alkanes of at least 4 members (excludes halogenated alkanes) is 1. The molecule has 1 unspecified atom stereocenters. The van der Waals surface area contributed by atoms with Crippen molar-refractivity contribution in [1.82, 2.24) is 0 Å². The summed E-state index contributed by atoms with van der Waals surface area (Å²) in [4.78, 5) is 0. The van der Waals surface area contributed by atoms with Crippen molar-refractivity contribution in [3.8, 4) is 5.75 Å². The quantitative estimate of drug-likeness (QED) is 0.622. The van der Waals surface area contributed by atoms with E-state index in [0.717, 1.165) is 19.3 Å². The van der Waals surface area contributed by atoms with Crippen molar-refractivity contribution in [2.24, 2.45) is 0 Å². The summed E-state index contributed by atoms with van der Waals surface area (Å²) in [6, 6.07) is 6.90. The summed E-state index contributed by atoms with van der Waals surface area (Å²) in [6.45, 7) is 4.47. The van der Waals surface area contributed by atoms with E-state index in [2.05, 4.69) is 0 Å². The zero-order valence-electron chi connectivity index (χ0n) is 10.9. The Morgan fingerprint density at radius 3 is 2.67 bits per heavy atom. The van der Waals surface area contributed by atoms with E-state index in [4.69, 9.17) is 20.6 Å². The predicted molar refractivity (Wildman–Crippen MR) is 75.7 cm³/mol. The third-order valence-corrected chi connectivity index (χ3v) is 4.48. The van der Waals surface area contributed by atoms with Gasteiger partial charge in [0.2, 0.25) is 0 Å². The van der Waals surface area contributed by atoms with E-state index in [1.807, 2.05) is 13.8 Å². The molecule has 0 saturated carbocycles. The van der Waals surface area contributed by atoms with Crippen LogP contribution in [-0.4, -0.2) is 12.8 Å². The van der Waals surface area contributed by atoms with Gasteiger partial charge in [-0.15, -0.1) is 0 Å². The van der Waals surface area contributed by atoms with Crippen LogP contribution in [0.1, 0.15) is 33.1 Å². The molecule has 18 heavy (non-hydrogen) atoms. The van der Waals surface area contributed by atoms with Crippen molar-refractivity contribution in [2.45, 2.75) is 33.1 Å². The number of halogens is 1. The minimum absolute atomic E-state index is 0.440. The number of rotatable bonds is 8. The molecule has 5 heteroatoms. The Kier molecular flexibility index (Phi) is 6.77. The normalized spacial score (nSPS) is 14.2. The van der Waals surface area contributed by atoms with Gasteiger partial charge in [-0.1, -0.05) is 37.9 Å². The Morgan fingerprint density at radius 1 is 1.28 bits per heavy atom. The first-order valence-electron chi connectivity index (χ1n) is 6.28. The number of hydrogen-bond acceptors (Lipinski definition) is 3. The Morgan fingerprint density at radius 2 is 2.06 bits per heavy atom. The van der Waals surface area contributed by atoms with E-state index in [1.54, 1.807) is 24.3 Å². The predicted octanol–water partition coefficient (Wildman–Crippen LogP) is 5.14. The highest BCUT2D eigenvalue weighted by atomic mass is 35.5. The van der Waals surface area contributed by atoms with Gasteiger partial charge in [-0.25, -0.2) is 4.57 Å². The van der Waals surface area contributed by atoms with Gasteiger partial charge in [-0.3, -0.25) is 4.52 Å². The van der Waals surface area contributed by atoms with Crippen LogP contribution in [0.25, 0.3) is 0 Å². The number of benzene rings is 1. The zero-order valence-corrected chi connectivity index (χ0v) is 12.5. The zero-order chi connectivity index (χ0) is 13.4. The fourth-order valence-electron chi connectivity index (χ4n) is 1.40. The van der Waals surface area contributed by atoms with Crippen molar-refractivity contribution in [1.29, 1.82) is 0 Å². The van der Waals surface area contributed by atoms with Gasteiger partial charge in [-0.2, -0.15) is 0 Å². The van der Waals surface area contributed by atoms with E-state index in [-0.39, 0.29) is 0 Å². The van der Waals surface area contributed by atoms with Crippen LogP contribution in [0.5, 0.6) is 5.75 Å². The first kappa shape index (κ1) is 15.6. The molecule has 1 atom stereocenters. The summed E-state index contributed by atoms with van der Waals surface area (Å²) in [5.41, 5.74) is 0. The van der Waals surface area contributed by atoms with Crippen molar-refractivity contribution in [3.05, 3.63) is 29.3 Å². The summed E-state index contributed by atoms with van der Waals surface area (Å²) in [7, 11) is -3.05. The second-order valence-corrected chi connectivity index (χ2v) is 6.62. The summed E-state index contributed by atoms with van der Waals surface area (Å²) < 4.78 is 23.5. The highest BCUT2D eigenvalue weighted by molar-refractivity contribution is 7.54. The minimum atomic E-state index is -3.05. The summed E-state index contributed by atoms with van der Waals surface area (Å²) in [6.07, 6.45) is 3.03. The third-order valence-electron chi connectivity index (χ3n) is 2.32. The second-order valence-electron chi connectivity index (χ2n) is 4.07. The first-order chi connectivity index (χ1) is 8.59. The van der Waals surface area contributed by atoms with Crippen molar-refractivity contribution >= 4 is 19.2 Å². The van der Waals surface area contributed by atoms with Crippen LogP contribution in [0.3, 0.4) is 0 Å². The molecular weight excluding hydrogens is 271 g/mol. The van der Waals surface area contributed by atoms with Crippen molar-refractivity contribution < 1.29 is 13.6 Å². The van der Waals surface area contributed by atoms with Crippen LogP contribution in [0, 0.1) is 0 Å². The van der Waals surface area contributed by atoms with Gasteiger partial charge in [0.05, 0.1) is 12.8 Å². The van der Waals surface area contributed by atoms with E-state index in [1.165, 1.54) is 0 Å². The van der Waals surface area contributed by atoms with Crippen LogP contribution < -0.4 is 4.52 Å². The summed E-state index contributed by atoms with van der Waals surface area (Å²) in [5.74, 6) is 0.498. The molecule has 1 aromatic carbocycles. The summed E-state index contributed by atoms with van der Waals surface area (Å²) >= 11 is 5.87. The molecule has 1 aromatic rings. The monoisotopic (exact) mass is 290 g/mol. The van der Waals surface area contributed by atoms with Crippen molar-refractivity contribution in [3.63, 3.8) is 0 Å². The van der Waals surface area contributed by atoms with E-state index >= 15 is 0 Å². The van der Waals surface area contributed by atoms with Crippen LogP contribution in [0.2, 0.25) is 5.02 Å². The fraction of sp³-hybridized carbons (Fsp3) is 0.538. The molecule has 0 radical (unpaired) electrons. The lowest BCUT2D eigenvalue weighted by atomic mass is 10.3. The Bertz CT molecular complexity index is 397.